The Morgan fingerprint density at radius 2 is 1.35 bits per heavy atom. The van der Waals surface area contributed by atoms with Gasteiger partial charge in [0.25, 0.3) is 0 Å². The third-order valence-electron chi connectivity index (χ3n) is 7.89. The topological polar surface area (TPSA) is 90.0 Å². The molecule has 0 radical (unpaired) electrons. The normalized spacial score (nSPS) is 11.6. The van der Waals surface area contributed by atoms with E-state index in [0.717, 1.165) is 22.8 Å². The Morgan fingerprint density at radius 3 is 2.00 bits per heavy atom. The van der Waals surface area contributed by atoms with Gasteiger partial charge in [-0.3, -0.25) is 0 Å². The van der Waals surface area contributed by atoms with Gasteiger partial charge in [0, 0.05) is 31.2 Å². The number of hydrogen-bond acceptors (Lipinski definition) is 4. The molecule has 266 valence electrons. The van der Waals surface area contributed by atoms with Gasteiger partial charge in [-0.15, -0.1) is 0 Å². The number of carbonyl (C=O) groups excluding carboxylic acids is 1. The molecule has 0 unspecified atom stereocenters. The molecule has 0 saturated heterocycles. The predicted molar refractivity (Wildman–Crippen MR) is 204 cm³/mol. The highest BCUT2D eigenvalue weighted by molar-refractivity contribution is 7.89. The number of rotatable bonds is 12. The SMILES string of the molecule is CC(C)CN(Cc1cccc(CN(Cc2ccc(-c3ccc(F)cc3)cc2)S(=O)(=O)c2cc(Cl)cc(Cl)c2O)c1)C(=O)Nc1cccc(Cl)c1Cl. The predicted octanol–water partition coefficient (Wildman–Crippen LogP) is 10.9. The highest BCUT2D eigenvalue weighted by Crippen LogP contribution is 2.37. The molecule has 0 bridgehead atoms. The zero-order chi connectivity index (χ0) is 36.9. The molecule has 2 amide bonds. The van der Waals surface area contributed by atoms with Crippen molar-refractivity contribution in [3.63, 3.8) is 0 Å². The summed E-state index contributed by atoms with van der Waals surface area (Å²) in [6.07, 6.45) is 0. The van der Waals surface area contributed by atoms with Gasteiger partial charge >= 0.3 is 6.03 Å². The summed E-state index contributed by atoms with van der Waals surface area (Å²) in [7, 11) is -4.37. The smallest absolute Gasteiger partial charge is 0.322 e. The molecule has 0 atom stereocenters. The quantitative estimate of drug-likeness (QED) is 0.132. The number of phenols is 1. The van der Waals surface area contributed by atoms with Crippen molar-refractivity contribution in [2.45, 2.75) is 38.4 Å². The number of amides is 2. The average Bonchev–Trinajstić information content (AvgIpc) is 3.08. The van der Waals surface area contributed by atoms with Gasteiger partial charge in [-0.05, 0) is 70.1 Å². The third-order valence-corrected chi connectivity index (χ3v) is 11.0. The Labute approximate surface area is 317 Å². The fourth-order valence-corrected chi connectivity index (χ4v) is 7.97. The summed E-state index contributed by atoms with van der Waals surface area (Å²) in [5.74, 6) is -0.814. The molecular formula is C38H34Cl4FN3O4S. The van der Waals surface area contributed by atoms with E-state index in [9.17, 15) is 22.7 Å². The number of nitrogens with one attached hydrogen (secondary N) is 1. The minimum Gasteiger partial charge on any atom is -0.505 e. The lowest BCUT2D eigenvalue weighted by Crippen LogP contribution is -2.37. The number of halogens is 5. The van der Waals surface area contributed by atoms with Crippen molar-refractivity contribution >= 4 is 68.1 Å². The standard InChI is InChI=1S/C38H34Cl4FN3O4S/c1-24(2)20-45(38(48)44-34-8-4-7-32(40)36(34)42)21-26-5-3-6-27(17-26)23-46(51(49,50)35-19-30(39)18-33(41)37(35)47)22-25-9-11-28(12-10-25)29-13-15-31(43)16-14-29/h3-19,24,47H,20-23H2,1-2H3,(H,44,48). The van der Waals surface area contributed by atoms with Gasteiger partial charge in [0.15, 0.2) is 5.75 Å². The van der Waals surface area contributed by atoms with Gasteiger partial charge in [-0.2, -0.15) is 4.31 Å². The van der Waals surface area contributed by atoms with Crippen LogP contribution < -0.4 is 5.32 Å². The van der Waals surface area contributed by atoms with Crippen LogP contribution in [0.15, 0.2) is 108 Å². The van der Waals surface area contributed by atoms with E-state index in [2.05, 4.69) is 5.32 Å². The maximum Gasteiger partial charge on any atom is 0.322 e. The number of phenolic OH excluding ortho intramolecular Hbond substituents is 1. The first-order valence-corrected chi connectivity index (χ1v) is 18.8. The van der Waals surface area contributed by atoms with Crippen molar-refractivity contribution in [1.29, 1.82) is 0 Å². The number of anilines is 1. The molecule has 13 heteroatoms. The summed E-state index contributed by atoms with van der Waals surface area (Å²) in [5.41, 5.74) is 4.07. The van der Waals surface area contributed by atoms with Crippen molar-refractivity contribution in [3.05, 3.63) is 146 Å². The average molecular weight is 790 g/mol. The summed E-state index contributed by atoms with van der Waals surface area (Å²) < 4.78 is 43.1. The molecule has 7 nitrogen and oxygen atoms in total. The second-order valence-corrected chi connectivity index (χ2v) is 15.9. The first-order chi connectivity index (χ1) is 24.2. The van der Waals surface area contributed by atoms with Crippen molar-refractivity contribution in [2.75, 3.05) is 11.9 Å². The number of benzene rings is 5. The molecule has 0 aliphatic rings. The maximum atomic E-state index is 14.2. The minimum atomic E-state index is -4.37. The van der Waals surface area contributed by atoms with Crippen LogP contribution in [-0.2, 0) is 29.7 Å². The third kappa shape index (κ3) is 9.74. The summed E-state index contributed by atoms with van der Waals surface area (Å²) in [6.45, 7) is 4.48. The lowest BCUT2D eigenvalue weighted by atomic mass is 10.0. The molecule has 0 aliphatic carbocycles. The van der Waals surface area contributed by atoms with Crippen LogP contribution in [-0.4, -0.2) is 35.3 Å². The van der Waals surface area contributed by atoms with E-state index in [1.54, 1.807) is 59.5 Å². The molecule has 0 aromatic heterocycles. The Hall–Kier alpha value is -3.83. The number of hydrogen-bond donors (Lipinski definition) is 2. The number of sulfonamides is 1. The summed E-state index contributed by atoms with van der Waals surface area (Å²) in [6, 6.07) is 27.6. The fourth-order valence-electron chi connectivity index (χ4n) is 5.46. The lowest BCUT2D eigenvalue weighted by Gasteiger charge is -2.26. The largest absolute Gasteiger partial charge is 0.505 e. The number of aromatic hydroxyl groups is 1. The molecule has 51 heavy (non-hydrogen) atoms. The van der Waals surface area contributed by atoms with E-state index in [0.29, 0.717) is 28.4 Å². The number of urea groups is 1. The van der Waals surface area contributed by atoms with E-state index in [1.807, 2.05) is 38.1 Å². The monoisotopic (exact) mass is 787 g/mol. The van der Waals surface area contributed by atoms with Crippen molar-refractivity contribution in [3.8, 4) is 16.9 Å². The fraction of sp³-hybridized carbons (Fsp3) is 0.184. The van der Waals surface area contributed by atoms with Crippen LogP contribution in [0.4, 0.5) is 14.9 Å². The summed E-state index contributed by atoms with van der Waals surface area (Å²) in [4.78, 5) is 14.7. The van der Waals surface area contributed by atoms with Gasteiger partial charge in [0.05, 0.1) is 20.8 Å². The molecular weight excluding hydrogens is 755 g/mol. The van der Waals surface area contributed by atoms with Crippen LogP contribution >= 0.6 is 46.4 Å². The number of carbonyl (C=O) groups is 1. The Kier molecular flexibility index (Phi) is 12.6. The molecule has 5 aromatic rings. The minimum absolute atomic E-state index is 0.0459. The molecule has 0 aliphatic heterocycles. The van der Waals surface area contributed by atoms with E-state index in [1.165, 1.54) is 22.5 Å². The van der Waals surface area contributed by atoms with E-state index in [-0.39, 0.29) is 52.5 Å². The summed E-state index contributed by atoms with van der Waals surface area (Å²) in [5, 5.41) is 14.0. The van der Waals surface area contributed by atoms with Crippen LogP contribution in [0.1, 0.15) is 30.5 Å². The first-order valence-electron chi connectivity index (χ1n) is 15.8. The lowest BCUT2D eigenvalue weighted by molar-refractivity contribution is 0.201. The van der Waals surface area contributed by atoms with Gasteiger partial charge in [-0.1, -0.05) is 127 Å². The molecule has 0 heterocycles. The van der Waals surface area contributed by atoms with Crippen molar-refractivity contribution in [1.82, 2.24) is 9.21 Å². The maximum absolute atomic E-state index is 14.2. The second kappa shape index (κ2) is 16.7. The van der Waals surface area contributed by atoms with Crippen LogP contribution in [0.5, 0.6) is 5.75 Å². The van der Waals surface area contributed by atoms with Crippen LogP contribution in [0.2, 0.25) is 20.1 Å². The molecule has 0 saturated carbocycles. The van der Waals surface area contributed by atoms with Gasteiger partial charge in [0.1, 0.15) is 10.7 Å². The van der Waals surface area contributed by atoms with E-state index in [4.69, 9.17) is 46.4 Å². The van der Waals surface area contributed by atoms with Gasteiger partial charge in [0.2, 0.25) is 10.0 Å². The first kappa shape index (κ1) is 38.4. The van der Waals surface area contributed by atoms with Crippen molar-refractivity contribution < 1.29 is 22.7 Å². The Bertz CT molecular complexity index is 2130. The molecule has 0 fully saturated rings. The van der Waals surface area contributed by atoms with Crippen LogP contribution in [0, 0.1) is 11.7 Å². The zero-order valence-corrected chi connectivity index (χ0v) is 31.4. The number of nitrogens with zero attached hydrogens (tertiary/aromatic N) is 2. The Morgan fingerprint density at radius 1 is 0.765 bits per heavy atom. The zero-order valence-electron chi connectivity index (χ0n) is 27.6. The van der Waals surface area contributed by atoms with E-state index < -0.39 is 20.7 Å². The highest BCUT2D eigenvalue weighted by atomic mass is 35.5. The van der Waals surface area contributed by atoms with Crippen LogP contribution in [0.3, 0.4) is 0 Å². The summed E-state index contributed by atoms with van der Waals surface area (Å²) >= 11 is 24.8. The van der Waals surface area contributed by atoms with E-state index >= 15 is 0 Å². The van der Waals surface area contributed by atoms with Crippen molar-refractivity contribution in [2.24, 2.45) is 5.92 Å². The van der Waals surface area contributed by atoms with Crippen LogP contribution in [0.25, 0.3) is 11.1 Å². The van der Waals surface area contributed by atoms with Gasteiger partial charge < -0.3 is 15.3 Å². The molecule has 0 spiro atoms. The molecule has 2 N–H and O–H groups in total. The van der Waals surface area contributed by atoms with Gasteiger partial charge in [-0.25, -0.2) is 17.6 Å². The molecule has 5 rings (SSSR count). The highest BCUT2D eigenvalue weighted by Gasteiger charge is 2.30. The Balaban J connectivity index is 1.44. The molecule has 5 aromatic carbocycles. The second-order valence-electron chi connectivity index (χ2n) is 12.3.